The fraction of sp³-hybridized carbons (Fsp3) is 0.273. The van der Waals surface area contributed by atoms with Crippen LogP contribution in [0.2, 0.25) is 0 Å². The number of allylic oxidation sites excluding steroid dienone is 2. The normalized spacial score (nSPS) is 12.4. The number of hydrogen-bond donors (Lipinski definition) is 0. The van der Waals surface area contributed by atoms with Gasteiger partial charge in [0, 0.05) is 26.5 Å². The zero-order valence-corrected chi connectivity index (χ0v) is 9.18. The number of hydrogen-bond acceptors (Lipinski definition) is 2. The Bertz CT molecular complexity index is 404. The lowest BCUT2D eigenvalue weighted by Gasteiger charge is -2.05. The third kappa shape index (κ3) is 2.99. The second-order valence-electron chi connectivity index (χ2n) is 3.34. The van der Waals surface area contributed by atoms with E-state index in [1.165, 1.54) is 0 Å². The maximum absolute atomic E-state index is 8.95. The van der Waals surface area contributed by atoms with E-state index in [1.807, 2.05) is 50.1 Å². The molecule has 0 aliphatic carbocycles. The molecule has 0 saturated carbocycles. The Morgan fingerprint density at radius 2 is 2.00 bits per heavy atom. The third-order valence-electron chi connectivity index (χ3n) is 1.86. The molecule has 0 bridgehead atoms. The van der Waals surface area contributed by atoms with E-state index in [9.17, 15) is 0 Å². The van der Waals surface area contributed by atoms with Crippen molar-refractivity contribution in [3.8, 4) is 6.07 Å². The summed E-state index contributed by atoms with van der Waals surface area (Å²) in [4.78, 5) is 5.89. The van der Waals surface area contributed by atoms with Gasteiger partial charge in [0.15, 0.2) is 5.70 Å². The molecule has 1 heterocycles. The molecule has 0 aromatic carbocycles. The Kier molecular flexibility index (Phi) is 3.69. The Hall–Kier alpha value is -2.02. The van der Waals surface area contributed by atoms with Crippen LogP contribution in [0, 0.1) is 11.3 Å². The highest BCUT2D eigenvalue weighted by Crippen LogP contribution is 2.10. The minimum absolute atomic E-state index is 0.417. The molecule has 4 nitrogen and oxygen atoms in total. The van der Waals surface area contributed by atoms with E-state index in [2.05, 4.69) is 11.1 Å². The van der Waals surface area contributed by atoms with Crippen molar-refractivity contribution in [3.05, 3.63) is 30.2 Å². The Morgan fingerprint density at radius 3 is 2.47 bits per heavy atom. The van der Waals surface area contributed by atoms with Crippen molar-refractivity contribution in [2.24, 2.45) is 4.99 Å². The quantitative estimate of drug-likeness (QED) is 0.426. The lowest BCUT2D eigenvalue weighted by Crippen LogP contribution is -2.08. The molecule has 0 fully saturated rings. The molecule has 1 aromatic rings. The zero-order valence-electron chi connectivity index (χ0n) is 9.18. The van der Waals surface area contributed by atoms with Gasteiger partial charge in [-0.1, -0.05) is 0 Å². The van der Waals surface area contributed by atoms with Gasteiger partial charge in [0.2, 0.25) is 0 Å². The van der Waals surface area contributed by atoms with E-state index in [0.717, 1.165) is 5.70 Å². The Labute approximate surface area is 89.8 Å². The highest BCUT2D eigenvalue weighted by Gasteiger charge is 2.00. The van der Waals surface area contributed by atoms with Crippen LogP contribution in [-0.4, -0.2) is 29.9 Å². The Morgan fingerprint density at radius 1 is 1.40 bits per heavy atom. The fourth-order valence-corrected chi connectivity index (χ4v) is 1.06. The number of rotatable bonds is 3. The summed E-state index contributed by atoms with van der Waals surface area (Å²) in [6.45, 7) is 1.87. The molecule has 0 saturated heterocycles. The van der Waals surface area contributed by atoms with E-state index in [-0.39, 0.29) is 0 Å². The first kappa shape index (κ1) is 11.1. The molecule has 0 aliphatic heterocycles. The summed E-state index contributed by atoms with van der Waals surface area (Å²) in [6.07, 6.45) is 5.39. The van der Waals surface area contributed by atoms with Gasteiger partial charge in [0.05, 0.1) is 12.0 Å². The van der Waals surface area contributed by atoms with E-state index >= 15 is 0 Å². The minimum atomic E-state index is 0.417. The van der Waals surface area contributed by atoms with Crippen molar-refractivity contribution in [1.29, 1.82) is 5.26 Å². The smallest absolute Gasteiger partial charge is 0.161 e. The van der Waals surface area contributed by atoms with Gasteiger partial charge in [-0.25, -0.2) is 4.99 Å². The van der Waals surface area contributed by atoms with Crippen molar-refractivity contribution in [2.75, 3.05) is 14.1 Å². The molecule has 78 valence electrons. The molecule has 0 N–H and O–H groups in total. The maximum atomic E-state index is 8.95. The van der Waals surface area contributed by atoms with E-state index in [1.54, 1.807) is 11.2 Å². The zero-order chi connectivity index (χ0) is 11.3. The average Bonchev–Trinajstić information content (AvgIpc) is 2.70. The van der Waals surface area contributed by atoms with Crippen molar-refractivity contribution >= 4 is 12.0 Å². The van der Waals surface area contributed by atoms with Crippen LogP contribution in [0.25, 0.3) is 5.70 Å². The van der Waals surface area contributed by atoms with Crippen LogP contribution in [0.1, 0.15) is 6.92 Å². The first-order valence-electron chi connectivity index (χ1n) is 4.60. The van der Waals surface area contributed by atoms with Gasteiger partial charge >= 0.3 is 0 Å². The molecule has 0 atom stereocenters. The van der Waals surface area contributed by atoms with E-state index in [0.29, 0.717) is 5.70 Å². The predicted octanol–water partition coefficient (Wildman–Crippen LogP) is 1.79. The van der Waals surface area contributed by atoms with Crippen molar-refractivity contribution < 1.29 is 0 Å². The van der Waals surface area contributed by atoms with Gasteiger partial charge in [-0.15, -0.1) is 0 Å². The van der Waals surface area contributed by atoms with Crippen molar-refractivity contribution in [3.63, 3.8) is 0 Å². The molecule has 0 radical (unpaired) electrons. The van der Waals surface area contributed by atoms with Crippen LogP contribution < -0.4 is 0 Å². The van der Waals surface area contributed by atoms with Crippen molar-refractivity contribution in [2.45, 2.75) is 6.92 Å². The summed E-state index contributed by atoms with van der Waals surface area (Å²) < 4.78 is 1.87. The topological polar surface area (TPSA) is 44.3 Å². The second-order valence-corrected chi connectivity index (χ2v) is 3.34. The lowest BCUT2D eigenvalue weighted by atomic mass is 10.3. The predicted molar refractivity (Wildman–Crippen MR) is 61.1 cm³/mol. The molecule has 1 aromatic heterocycles. The summed E-state index contributed by atoms with van der Waals surface area (Å²) in [6, 6.07) is 5.90. The van der Waals surface area contributed by atoms with Gasteiger partial charge in [0.1, 0.15) is 6.07 Å². The first-order valence-corrected chi connectivity index (χ1v) is 4.60. The molecule has 1 rings (SSSR count). The number of aliphatic imine (C=N–C) groups is 1. The molecule has 0 aliphatic rings. The highest BCUT2D eigenvalue weighted by molar-refractivity contribution is 5.62. The highest BCUT2D eigenvalue weighted by atomic mass is 15.1. The fourth-order valence-electron chi connectivity index (χ4n) is 1.06. The van der Waals surface area contributed by atoms with Gasteiger partial charge < -0.3 is 9.47 Å². The lowest BCUT2D eigenvalue weighted by molar-refractivity contribution is 0.642. The first-order chi connectivity index (χ1) is 7.15. The SMILES string of the molecule is C/C(=C(/C#N)N=CN(C)C)n1cccc1. The van der Waals surface area contributed by atoms with Gasteiger partial charge in [-0.05, 0) is 19.1 Å². The molecule has 15 heavy (non-hydrogen) atoms. The maximum Gasteiger partial charge on any atom is 0.161 e. The summed E-state index contributed by atoms with van der Waals surface area (Å²) in [7, 11) is 3.73. The monoisotopic (exact) mass is 202 g/mol. The molecule has 0 amide bonds. The number of aromatic nitrogens is 1. The number of nitrogens with zero attached hydrogens (tertiary/aromatic N) is 4. The standard InChI is InChI=1S/C11H14N4/c1-10(15-6-4-5-7-15)11(8-12)13-9-14(2)3/h4-7,9H,1-3H3/b11-10+,13-9?. The van der Waals surface area contributed by atoms with E-state index < -0.39 is 0 Å². The molecule has 0 spiro atoms. The summed E-state index contributed by atoms with van der Waals surface area (Å²) in [5, 5.41) is 8.95. The van der Waals surface area contributed by atoms with Crippen LogP contribution in [0.3, 0.4) is 0 Å². The van der Waals surface area contributed by atoms with Crippen LogP contribution >= 0.6 is 0 Å². The van der Waals surface area contributed by atoms with Crippen LogP contribution in [0.15, 0.2) is 35.2 Å². The van der Waals surface area contributed by atoms with Crippen LogP contribution in [0.4, 0.5) is 0 Å². The molecule has 0 unspecified atom stereocenters. The summed E-state index contributed by atoms with van der Waals surface area (Å²) in [5.41, 5.74) is 1.24. The number of nitriles is 1. The summed E-state index contributed by atoms with van der Waals surface area (Å²) >= 11 is 0. The van der Waals surface area contributed by atoms with E-state index in [4.69, 9.17) is 5.26 Å². The van der Waals surface area contributed by atoms with Gasteiger partial charge in [-0.2, -0.15) is 5.26 Å². The largest absolute Gasteiger partial charge is 0.369 e. The third-order valence-corrected chi connectivity index (χ3v) is 1.86. The van der Waals surface area contributed by atoms with Crippen molar-refractivity contribution in [1.82, 2.24) is 9.47 Å². The van der Waals surface area contributed by atoms with Crippen LogP contribution in [0.5, 0.6) is 0 Å². The second kappa shape index (κ2) is 5.01. The summed E-state index contributed by atoms with van der Waals surface area (Å²) in [5.74, 6) is 0. The van der Waals surface area contributed by atoms with Gasteiger partial charge in [0.25, 0.3) is 0 Å². The van der Waals surface area contributed by atoms with Gasteiger partial charge in [-0.3, -0.25) is 0 Å². The molecular weight excluding hydrogens is 188 g/mol. The minimum Gasteiger partial charge on any atom is -0.369 e. The average molecular weight is 202 g/mol. The molecule has 4 heteroatoms. The Balaban J connectivity index is 3.00. The molecular formula is C11H14N4. The van der Waals surface area contributed by atoms with Crippen LogP contribution in [-0.2, 0) is 0 Å².